The Labute approximate surface area is 247 Å². The Morgan fingerprint density at radius 3 is 2.69 bits per heavy atom. The van der Waals surface area contributed by atoms with Crippen LogP contribution in [0.2, 0.25) is 0 Å². The van der Waals surface area contributed by atoms with Gasteiger partial charge < -0.3 is 40.5 Å². The molecule has 4 aliphatic rings. The number of carbonyl (C=O) groups excluding carboxylic acids is 3. The van der Waals surface area contributed by atoms with Crippen molar-refractivity contribution in [1.29, 1.82) is 0 Å². The van der Waals surface area contributed by atoms with Crippen LogP contribution in [-0.4, -0.2) is 97.3 Å². The third-order valence-electron chi connectivity index (χ3n) is 8.83. The summed E-state index contributed by atoms with van der Waals surface area (Å²) in [6.07, 6.45) is 2.70. The number of aromatic hydroxyl groups is 1. The van der Waals surface area contributed by atoms with Crippen LogP contribution in [0.25, 0.3) is 0 Å². The monoisotopic (exact) mass is 602 g/mol. The molecule has 3 fully saturated rings. The van der Waals surface area contributed by atoms with Crippen molar-refractivity contribution >= 4 is 35.5 Å². The molecule has 5 rings (SSSR count). The van der Waals surface area contributed by atoms with E-state index in [4.69, 9.17) is 0 Å². The molecule has 7 atom stereocenters. The minimum Gasteiger partial charge on any atom is -0.503 e. The topological polar surface area (TPSA) is 173 Å². The zero-order valence-corrected chi connectivity index (χ0v) is 24.9. The van der Waals surface area contributed by atoms with Gasteiger partial charge in [0.05, 0.1) is 18.0 Å². The van der Waals surface area contributed by atoms with E-state index < -0.39 is 23.4 Å². The van der Waals surface area contributed by atoms with Crippen LogP contribution in [0.4, 0.5) is 0 Å². The highest BCUT2D eigenvalue weighted by molar-refractivity contribution is 8.03. The number of hydrogen-bond donors (Lipinski definition) is 5. The zero-order valence-electron chi connectivity index (χ0n) is 24.1. The summed E-state index contributed by atoms with van der Waals surface area (Å²) in [6, 6.07) is 0.370. The molecule has 0 bridgehead atoms. The van der Waals surface area contributed by atoms with E-state index in [1.165, 1.54) is 35.8 Å². The first kappa shape index (κ1) is 30.1. The van der Waals surface area contributed by atoms with E-state index in [0.717, 1.165) is 12.1 Å². The Kier molecular flexibility index (Phi) is 8.41. The minimum atomic E-state index is -1.15. The molecule has 3 amide bonds. The molecule has 1 aromatic heterocycles. The number of aliphatic carboxylic acids is 1. The molecule has 5 heterocycles. The van der Waals surface area contributed by atoms with Gasteiger partial charge in [0, 0.05) is 86.3 Å². The first-order chi connectivity index (χ1) is 19.9. The van der Waals surface area contributed by atoms with E-state index in [1.54, 1.807) is 18.5 Å². The van der Waals surface area contributed by atoms with E-state index >= 15 is 0 Å². The fourth-order valence-electron chi connectivity index (χ4n) is 6.70. The van der Waals surface area contributed by atoms with E-state index in [-0.39, 0.29) is 58.5 Å². The smallest absolute Gasteiger partial charge is 0.353 e. The molecule has 228 valence electrons. The van der Waals surface area contributed by atoms with Crippen LogP contribution in [0.15, 0.2) is 27.7 Å². The van der Waals surface area contributed by atoms with Gasteiger partial charge in [-0.2, -0.15) is 0 Å². The molecule has 42 heavy (non-hydrogen) atoms. The zero-order chi connectivity index (χ0) is 30.5. The molecule has 14 heteroatoms. The van der Waals surface area contributed by atoms with Crippen LogP contribution in [-0.2, 0) is 32.8 Å². The van der Waals surface area contributed by atoms with Crippen LogP contribution < -0.4 is 21.4 Å². The third kappa shape index (κ3) is 5.54. The number of aromatic nitrogens is 1. The second-order valence-electron chi connectivity index (χ2n) is 11.7. The highest BCUT2D eigenvalue weighted by Gasteiger charge is 2.60. The number of nitrogens with one attached hydrogen (secondary N) is 3. The number of carboxylic acids is 1. The van der Waals surface area contributed by atoms with E-state index in [1.807, 2.05) is 11.8 Å². The highest BCUT2D eigenvalue weighted by atomic mass is 32.2. The first-order valence-corrected chi connectivity index (χ1v) is 15.1. The van der Waals surface area contributed by atoms with Gasteiger partial charge in [0.1, 0.15) is 5.70 Å². The van der Waals surface area contributed by atoms with Gasteiger partial charge in [-0.1, -0.05) is 6.92 Å². The number of amides is 3. The summed E-state index contributed by atoms with van der Waals surface area (Å²) in [5, 5.41) is 29.0. The van der Waals surface area contributed by atoms with Crippen molar-refractivity contribution in [2.24, 2.45) is 18.9 Å². The lowest BCUT2D eigenvalue weighted by Gasteiger charge is -2.47. The standard InChI is InChI=1S/C28H38N6O7S/c1-13-23-22(14(2)31-15(3)35)27(39)34(23)24(28(40)41)25(13)42-18-8-19(30-10-18)26(38)33-6-5-16(11-33)29-9-17-7-20(36)21(37)12-32(17)4/h7,12-14,16,18-19,22-23,29-30,37H,5-6,8-11H2,1-4H3,(H,31,35)(H,40,41)/t13-,14-,16+,18+,19+,22-,23-/m1/s1. The summed E-state index contributed by atoms with van der Waals surface area (Å²) in [5.41, 5.74) is 0.323. The number of fused-ring (bicyclic) bond motifs is 1. The summed E-state index contributed by atoms with van der Waals surface area (Å²) in [5.74, 6) is -2.64. The first-order valence-electron chi connectivity index (χ1n) is 14.3. The average molecular weight is 603 g/mol. The predicted molar refractivity (Wildman–Crippen MR) is 154 cm³/mol. The Hall–Kier alpha value is -3.36. The average Bonchev–Trinajstić information content (AvgIpc) is 3.63. The number of thioether (sulfide) groups is 1. The lowest BCUT2D eigenvalue weighted by Crippen LogP contribution is -2.66. The number of likely N-dealkylation sites (tertiary alicyclic amines) is 1. The number of hydrogen-bond acceptors (Lipinski definition) is 9. The van der Waals surface area contributed by atoms with Crippen molar-refractivity contribution < 1.29 is 29.4 Å². The Morgan fingerprint density at radius 1 is 1.26 bits per heavy atom. The molecule has 0 spiro atoms. The number of carbonyl (C=O) groups is 4. The molecule has 0 aliphatic carbocycles. The number of rotatable bonds is 9. The molecule has 0 radical (unpaired) electrons. The highest BCUT2D eigenvalue weighted by Crippen LogP contribution is 2.51. The number of nitrogens with zero attached hydrogens (tertiary/aromatic N) is 3. The summed E-state index contributed by atoms with van der Waals surface area (Å²) in [4.78, 5) is 65.8. The van der Waals surface area contributed by atoms with Gasteiger partial charge in [0.25, 0.3) is 0 Å². The fourth-order valence-corrected chi connectivity index (χ4v) is 8.18. The number of aryl methyl sites for hydroxylation is 1. The van der Waals surface area contributed by atoms with Gasteiger partial charge in [-0.25, -0.2) is 4.79 Å². The van der Waals surface area contributed by atoms with Crippen molar-refractivity contribution in [1.82, 2.24) is 30.3 Å². The molecule has 3 saturated heterocycles. The van der Waals surface area contributed by atoms with Gasteiger partial charge in [-0.3, -0.25) is 19.2 Å². The minimum absolute atomic E-state index is 0.00883. The Bertz CT molecular complexity index is 1390. The lowest BCUT2D eigenvalue weighted by atomic mass is 9.78. The molecular weight excluding hydrogens is 564 g/mol. The maximum absolute atomic E-state index is 13.3. The number of pyridine rings is 1. The third-order valence-corrected chi connectivity index (χ3v) is 10.3. The van der Waals surface area contributed by atoms with Crippen molar-refractivity contribution in [2.45, 2.75) is 69.6 Å². The number of carboxylic acid groups (broad SMARTS) is 1. The van der Waals surface area contributed by atoms with Gasteiger partial charge in [0.15, 0.2) is 5.75 Å². The molecule has 4 aliphatic heterocycles. The lowest BCUT2D eigenvalue weighted by molar-refractivity contribution is -0.158. The predicted octanol–water partition coefficient (Wildman–Crippen LogP) is -0.457. The van der Waals surface area contributed by atoms with Gasteiger partial charge >= 0.3 is 5.97 Å². The summed E-state index contributed by atoms with van der Waals surface area (Å²) >= 11 is 1.44. The fraction of sp³-hybridized carbons (Fsp3) is 0.607. The number of β-lactam (4-membered cyclic amide) rings is 1. The molecule has 0 aromatic carbocycles. The largest absolute Gasteiger partial charge is 0.503 e. The molecule has 0 unspecified atom stereocenters. The van der Waals surface area contributed by atoms with Crippen LogP contribution in [0.5, 0.6) is 5.75 Å². The van der Waals surface area contributed by atoms with Crippen LogP contribution in [0.1, 0.15) is 39.3 Å². The summed E-state index contributed by atoms with van der Waals surface area (Å²) in [6.45, 7) is 7.21. The van der Waals surface area contributed by atoms with E-state index in [9.17, 15) is 34.2 Å². The second-order valence-corrected chi connectivity index (χ2v) is 13.1. The van der Waals surface area contributed by atoms with Gasteiger partial charge in [-0.05, 0) is 19.8 Å². The van der Waals surface area contributed by atoms with Gasteiger partial charge in [-0.15, -0.1) is 11.8 Å². The Morgan fingerprint density at radius 2 is 2.00 bits per heavy atom. The Balaban J connectivity index is 1.17. The summed E-state index contributed by atoms with van der Waals surface area (Å²) < 4.78 is 1.69. The molecule has 1 aromatic rings. The van der Waals surface area contributed by atoms with E-state index in [0.29, 0.717) is 37.5 Å². The SMILES string of the molecule is CC(=O)N[C@H](C)[C@H]1C(=O)N2C(C(=O)O)=C(S[C@@H]3CN[C@H](C(=O)N4CC[C@H](NCc5cc(=O)c(O)cn5C)C4)C3)[C@H](C)[C@H]12. The molecule has 0 saturated carbocycles. The summed E-state index contributed by atoms with van der Waals surface area (Å²) in [7, 11) is 1.76. The van der Waals surface area contributed by atoms with Crippen LogP contribution in [0.3, 0.4) is 0 Å². The van der Waals surface area contributed by atoms with Crippen LogP contribution >= 0.6 is 11.8 Å². The molecule has 13 nitrogen and oxygen atoms in total. The maximum Gasteiger partial charge on any atom is 0.353 e. The second kappa shape index (κ2) is 11.7. The van der Waals surface area contributed by atoms with Crippen LogP contribution in [0, 0.1) is 11.8 Å². The van der Waals surface area contributed by atoms with Gasteiger partial charge in [0.2, 0.25) is 23.2 Å². The quantitative estimate of drug-likeness (QED) is 0.233. The normalized spacial score (nSPS) is 29.5. The maximum atomic E-state index is 13.3. The van der Waals surface area contributed by atoms with Crippen molar-refractivity contribution in [3.63, 3.8) is 0 Å². The molecule has 5 N–H and O–H groups in total. The molecular formula is C28H38N6O7S. The van der Waals surface area contributed by atoms with Crippen molar-refractivity contribution in [3.8, 4) is 5.75 Å². The van der Waals surface area contributed by atoms with Crippen molar-refractivity contribution in [3.05, 3.63) is 38.8 Å². The van der Waals surface area contributed by atoms with Crippen molar-refractivity contribution in [2.75, 3.05) is 19.6 Å². The van der Waals surface area contributed by atoms with E-state index in [2.05, 4.69) is 16.0 Å².